The van der Waals surface area contributed by atoms with Gasteiger partial charge in [-0.3, -0.25) is 14.9 Å². The number of nitrogens with one attached hydrogen (secondary N) is 2. The summed E-state index contributed by atoms with van der Waals surface area (Å²) >= 11 is 1.85. The predicted octanol–water partition coefficient (Wildman–Crippen LogP) is 2.18. The smallest absolute Gasteiger partial charge is 0.272 e. The Morgan fingerprint density at radius 3 is 3.00 bits per heavy atom. The fraction of sp³-hybridized carbons (Fsp3) is 0.533. The zero-order valence-corrected chi connectivity index (χ0v) is 13.6. The Morgan fingerprint density at radius 2 is 2.36 bits per heavy atom. The summed E-state index contributed by atoms with van der Waals surface area (Å²) in [7, 11) is 0. The molecule has 2 N–H and O–H groups in total. The van der Waals surface area contributed by atoms with Crippen LogP contribution in [0.25, 0.3) is 0 Å². The number of thioether (sulfide) groups is 1. The van der Waals surface area contributed by atoms with Crippen molar-refractivity contribution in [2.75, 3.05) is 18.1 Å². The lowest BCUT2D eigenvalue weighted by Gasteiger charge is -2.23. The molecule has 1 saturated heterocycles. The first-order chi connectivity index (χ1) is 10.5. The zero-order valence-electron chi connectivity index (χ0n) is 12.8. The van der Waals surface area contributed by atoms with E-state index in [9.17, 15) is 14.9 Å². The maximum absolute atomic E-state index is 12.1. The molecule has 1 aromatic rings. The van der Waals surface area contributed by atoms with Crippen molar-refractivity contribution in [3.05, 3.63) is 39.4 Å². The Balaban J connectivity index is 1.96. The van der Waals surface area contributed by atoms with Crippen LogP contribution in [0.15, 0.2) is 18.2 Å². The maximum Gasteiger partial charge on any atom is 0.272 e. The molecule has 0 spiro atoms. The highest BCUT2D eigenvalue weighted by atomic mass is 32.2. The number of nitrogens with zero attached hydrogens (tertiary/aromatic N) is 1. The van der Waals surface area contributed by atoms with Gasteiger partial charge in [0.2, 0.25) is 5.91 Å². The number of aryl methyl sites for hydroxylation is 1. The monoisotopic (exact) mass is 323 g/mol. The second-order valence-corrected chi connectivity index (χ2v) is 6.67. The summed E-state index contributed by atoms with van der Waals surface area (Å²) < 4.78 is 0. The number of hydrogen-bond donors (Lipinski definition) is 2. The third kappa shape index (κ3) is 4.45. The summed E-state index contributed by atoms with van der Waals surface area (Å²) in [5, 5.41) is 17.2. The lowest BCUT2D eigenvalue weighted by atomic mass is 10.0. The van der Waals surface area contributed by atoms with Gasteiger partial charge in [0, 0.05) is 42.1 Å². The molecule has 1 amide bonds. The summed E-state index contributed by atoms with van der Waals surface area (Å²) in [6.07, 6.45) is 0.436. The number of amides is 1. The van der Waals surface area contributed by atoms with Crippen LogP contribution in [0.3, 0.4) is 0 Å². The Hall–Kier alpha value is -1.60. The van der Waals surface area contributed by atoms with Crippen LogP contribution in [0.5, 0.6) is 0 Å². The van der Waals surface area contributed by atoms with Crippen LogP contribution in [0.1, 0.15) is 30.5 Å². The molecular weight excluding hydrogens is 302 g/mol. The molecule has 1 fully saturated rings. The number of carbonyl (C=O) groups excluding carboxylic acids is 1. The molecule has 6 nitrogen and oxygen atoms in total. The molecule has 1 aromatic carbocycles. The van der Waals surface area contributed by atoms with Crippen LogP contribution in [0, 0.1) is 17.0 Å². The number of nitro benzene ring substituents is 1. The molecule has 7 heteroatoms. The average Bonchev–Trinajstić information content (AvgIpc) is 2.48. The van der Waals surface area contributed by atoms with E-state index in [1.54, 1.807) is 13.0 Å². The van der Waals surface area contributed by atoms with Gasteiger partial charge < -0.3 is 10.6 Å². The average molecular weight is 323 g/mol. The van der Waals surface area contributed by atoms with Gasteiger partial charge in [0.1, 0.15) is 0 Å². The maximum atomic E-state index is 12.1. The first kappa shape index (κ1) is 16.8. The van der Waals surface area contributed by atoms with Gasteiger partial charge in [-0.15, -0.1) is 0 Å². The first-order valence-electron chi connectivity index (χ1n) is 7.33. The van der Waals surface area contributed by atoms with Crippen molar-refractivity contribution in [3.63, 3.8) is 0 Å². The lowest BCUT2D eigenvalue weighted by molar-refractivity contribution is -0.385. The molecule has 120 valence electrons. The number of carbonyl (C=O) groups is 1. The molecule has 0 saturated carbocycles. The molecule has 1 heterocycles. The van der Waals surface area contributed by atoms with E-state index in [0.717, 1.165) is 23.6 Å². The summed E-state index contributed by atoms with van der Waals surface area (Å²) in [5.41, 5.74) is 1.45. The highest BCUT2D eigenvalue weighted by molar-refractivity contribution is 7.99. The van der Waals surface area contributed by atoms with Crippen LogP contribution in [-0.2, 0) is 4.79 Å². The van der Waals surface area contributed by atoms with Crippen molar-refractivity contribution in [2.45, 2.75) is 32.4 Å². The third-order valence-corrected chi connectivity index (χ3v) is 4.87. The van der Waals surface area contributed by atoms with Gasteiger partial charge in [0.25, 0.3) is 5.69 Å². The van der Waals surface area contributed by atoms with Crippen LogP contribution < -0.4 is 10.6 Å². The second-order valence-electron chi connectivity index (χ2n) is 5.52. The largest absolute Gasteiger partial charge is 0.350 e. The normalized spacial score (nSPS) is 19.5. The van der Waals surface area contributed by atoms with E-state index in [2.05, 4.69) is 10.6 Å². The molecule has 2 unspecified atom stereocenters. The third-order valence-electron chi connectivity index (χ3n) is 3.74. The fourth-order valence-electron chi connectivity index (χ4n) is 2.45. The Morgan fingerprint density at radius 1 is 1.59 bits per heavy atom. The van der Waals surface area contributed by atoms with Gasteiger partial charge in [0.15, 0.2) is 0 Å². The second kappa shape index (κ2) is 7.60. The lowest BCUT2D eigenvalue weighted by Crippen LogP contribution is -2.41. The number of nitro groups is 1. The highest BCUT2D eigenvalue weighted by Crippen LogP contribution is 2.23. The summed E-state index contributed by atoms with van der Waals surface area (Å²) in [6.45, 7) is 4.48. The van der Waals surface area contributed by atoms with Crippen molar-refractivity contribution in [1.29, 1.82) is 0 Å². The van der Waals surface area contributed by atoms with Crippen molar-refractivity contribution in [1.82, 2.24) is 10.6 Å². The first-order valence-corrected chi connectivity index (χ1v) is 8.48. The van der Waals surface area contributed by atoms with Gasteiger partial charge in [-0.1, -0.05) is 12.1 Å². The molecule has 2 atom stereocenters. The van der Waals surface area contributed by atoms with E-state index >= 15 is 0 Å². The van der Waals surface area contributed by atoms with Crippen molar-refractivity contribution in [2.24, 2.45) is 0 Å². The molecule has 0 bridgehead atoms. The molecule has 0 aliphatic carbocycles. The van der Waals surface area contributed by atoms with E-state index in [1.165, 1.54) is 6.07 Å². The van der Waals surface area contributed by atoms with Crippen molar-refractivity contribution >= 4 is 23.4 Å². The molecular formula is C15H21N3O3S. The SMILES string of the molecule is Cc1ccc(C(C)NC(=O)CC2CSCCN2)cc1[N+](=O)[O-]. The molecule has 0 aromatic heterocycles. The zero-order chi connectivity index (χ0) is 16.1. The number of rotatable bonds is 5. The van der Waals surface area contributed by atoms with Crippen LogP contribution in [0.4, 0.5) is 5.69 Å². The minimum absolute atomic E-state index is 0.0317. The van der Waals surface area contributed by atoms with E-state index in [4.69, 9.17) is 0 Å². The van der Waals surface area contributed by atoms with E-state index in [0.29, 0.717) is 12.0 Å². The number of benzene rings is 1. The predicted molar refractivity (Wildman–Crippen MR) is 88.1 cm³/mol. The van der Waals surface area contributed by atoms with Crippen LogP contribution in [-0.4, -0.2) is 34.9 Å². The van der Waals surface area contributed by atoms with Crippen molar-refractivity contribution in [3.8, 4) is 0 Å². The van der Waals surface area contributed by atoms with E-state index in [1.807, 2.05) is 24.8 Å². The summed E-state index contributed by atoms with van der Waals surface area (Å²) in [5.74, 6) is 2.00. The molecule has 2 rings (SSSR count). The van der Waals surface area contributed by atoms with E-state index < -0.39 is 4.92 Å². The van der Waals surface area contributed by atoms with Gasteiger partial charge in [-0.2, -0.15) is 11.8 Å². The quantitative estimate of drug-likeness (QED) is 0.641. The molecule has 0 radical (unpaired) electrons. The molecule has 1 aliphatic rings. The van der Waals surface area contributed by atoms with Crippen LogP contribution in [0.2, 0.25) is 0 Å². The summed E-state index contributed by atoms with van der Waals surface area (Å²) in [4.78, 5) is 22.7. The van der Waals surface area contributed by atoms with Gasteiger partial charge in [-0.05, 0) is 19.4 Å². The van der Waals surface area contributed by atoms with Gasteiger partial charge >= 0.3 is 0 Å². The van der Waals surface area contributed by atoms with Crippen molar-refractivity contribution < 1.29 is 9.72 Å². The minimum atomic E-state index is -0.392. The Kier molecular flexibility index (Phi) is 5.79. The van der Waals surface area contributed by atoms with Crippen LogP contribution >= 0.6 is 11.8 Å². The fourth-order valence-corrected chi connectivity index (χ4v) is 3.40. The van der Waals surface area contributed by atoms with E-state index in [-0.39, 0.29) is 23.7 Å². The number of hydrogen-bond acceptors (Lipinski definition) is 5. The molecule has 1 aliphatic heterocycles. The summed E-state index contributed by atoms with van der Waals surface area (Å²) in [6, 6.07) is 5.04. The van der Waals surface area contributed by atoms with Gasteiger partial charge in [0.05, 0.1) is 11.0 Å². The minimum Gasteiger partial charge on any atom is -0.350 e. The Labute approximate surface area is 134 Å². The topological polar surface area (TPSA) is 84.3 Å². The Bertz CT molecular complexity index is 559. The van der Waals surface area contributed by atoms with Gasteiger partial charge in [-0.25, -0.2) is 0 Å². The molecule has 22 heavy (non-hydrogen) atoms. The standard InChI is InChI=1S/C15H21N3O3S/c1-10-3-4-12(7-14(10)18(20)21)11(2)17-15(19)8-13-9-22-6-5-16-13/h3-4,7,11,13,16H,5-6,8-9H2,1-2H3,(H,17,19). The highest BCUT2D eigenvalue weighted by Gasteiger charge is 2.19.